The highest BCUT2D eigenvalue weighted by molar-refractivity contribution is 14.1. The highest BCUT2D eigenvalue weighted by Crippen LogP contribution is 2.07. The Hall–Kier alpha value is 0.295. The number of hydrogen-bond acceptors (Lipinski definition) is 1. The van der Waals surface area contributed by atoms with Gasteiger partial charge in [0.15, 0.2) is 0 Å². The first kappa shape index (κ1) is 9.38. The molecule has 1 rings (SSSR count). The van der Waals surface area contributed by atoms with E-state index in [2.05, 4.69) is 0 Å². The second-order valence-corrected chi connectivity index (χ2v) is 3.90. The first-order valence-electron chi connectivity index (χ1n) is 3.05. The lowest BCUT2D eigenvalue weighted by Crippen LogP contribution is -2.11. The van der Waals surface area contributed by atoms with E-state index in [1.807, 2.05) is 41.5 Å². The number of benzene rings is 1. The molecule has 11 heavy (non-hydrogen) atoms. The Morgan fingerprint density at radius 2 is 2.27 bits per heavy atom. The van der Waals surface area contributed by atoms with Crippen LogP contribution in [0.2, 0.25) is 0 Å². The van der Waals surface area contributed by atoms with E-state index in [0.717, 1.165) is 5.46 Å². The maximum atomic E-state index is 12.7. The van der Waals surface area contributed by atoms with Crippen LogP contribution in [-0.2, 0) is 0 Å². The number of rotatable bonds is 2. The van der Waals surface area contributed by atoms with Crippen LogP contribution >= 0.6 is 34.2 Å². The van der Waals surface area contributed by atoms with E-state index in [0.29, 0.717) is 3.57 Å². The van der Waals surface area contributed by atoms with Gasteiger partial charge in [-0.1, -0.05) is 17.6 Å². The zero-order valence-electron chi connectivity index (χ0n) is 5.97. The Kier molecular flexibility index (Phi) is 3.71. The van der Waals surface area contributed by atoms with Crippen molar-refractivity contribution >= 4 is 46.2 Å². The van der Waals surface area contributed by atoms with Gasteiger partial charge in [-0.3, -0.25) is 0 Å². The molecule has 0 aliphatic rings. The lowest BCUT2D eigenvalue weighted by atomic mass is 9.95. The van der Waals surface area contributed by atoms with E-state index in [-0.39, 0.29) is 5.82 Å². The summed E-state index contributed by atoms with van der Waals surface area (Å²) in [5.41, 5.74) is 1.06. The van der Waals surface area contributed by atoms with Crippen molar-refractivity contribution in [2.24, 2.45) is 0 Å². The van der Waals surface area contributed by atoms with Crippen LogP contribution < -0.4 is 5.46 Å². The zero-order chi connectivity index (χ0) is 8.27. The largest absolute Gasteiger partial charge is 0.229 e. The molecule has 0 bridgehead atoms. The van der Waals surface area contributed by atoms with Gasteiger partial charge >= 0.3 is 0 Å². The van der Waals surface area contributed by atoms with Crippen LogP contribution in [-0.4, -0.2) is 12.8 Å². The molecule has 0 heterocycles. The van der Waals surface area contributed by atoms with E-state index in [1.165, 1.54) is 6.07 Å². The van der Waals surface area contributed by atoms with Crippen molar-refractivity contribution in [2.75, 3.05) is 6.26 Å². The van der Waals surface area contributed by atoms with Gasteiger partial charge in [-0.15, -0.1) is 0 Å². The molecule has 1 radical (unpaired) electrons. The SMILES string of the molecule is CS[B]c1ccc(F)c(I)c1. The molecule has 0 saturated carbocycles. The van der Waals surface area contributed by atoms with E-state index in [9.17, 15) is 4.39 Å². The van der Waals surface area contributed by atoms with E-state index in [1.54, 1.807) is 17.7 Å². The minimum atomic E-state index is -0.149. The van der Waals surface area contributed by atoms with Crippen LogP contribution in [0.1, 0.15) is 0 Å². The molecule has 1 aromatic rings. The maximum Gasteiger partial charge on any atom is 0.229 e. The molecule has 0 amide bonds. The van der Waals surface area contributed by atoms with Gasteiger partial charge < -0.3 is 0 Å². The van der Waals surface area contributed by atoms with Gasteiger partial charge in [0.2, 0.25) is 6.56 Å². The molecule has 0 unspecified atom stereocenters. The Labute approximate surface area is 84.2 Å². The molecule has 0 N–H and O–H groups in total. The normalized spacial score (nSPS) is 9.73. The summed E-state index contributed by atoms with van der Waals surface area (Å²) < 4.78 is 13.4. The molecule has 0 aromatic heterocycles. The monoisotopic (exact) mass is 279 g/mol. The molecular formula is C7H6BFIS. The van der Waals surface area contributed by atoms with Crippen molar-refractivity contribution in [3.63, 3.8) is 0 Å². The Balaban J connectivity index is 2.86. The van der Waals surface area contributed by atoms with Crippen LogP contribution in [0.15, 0.2) is 18.2 Å². The summed E-state index contributed by atoms with van der Waals surface area (Å²) in [5, 5.41) is 0. The van der Waals surface area contributed by atoms with Crippen molar-refractivity contribution in [3.05, 3.63) is 27.6 Å². The standard InChI is InChI=1S/C7H6BFIS/c1-11-8-5-2-3-6(9)7(10)4-5/h2-4H,1H3. The quantitative estimate of drug-likeness (QED) is 0.589. The zero-order valence-corrected chi connectivity index (χ0v) is 8.95. The predicted octanol–water partition coefficient (Wildman–Crippen LogP) is 2.04. The molecule has 0 aliphatic carbocycles. The second-order valence-electron chi connectivity index (χ2n) is 2.03. The van der Waals surface area contributed by atoms with E-state index >= 15 is 0 Å². The third-order valence-electron chi connectivity index (χ3n) is 1.20. The fraction of sp³-hybridized carbons (Fsp3) is 0.143. The Morgan fingerprint density at radius 3 is 2.82 bits per heavy atom. The van der Waals surface area contributed by atoms with Gasteiger partial charge in [0.05, 0.1) is 0 Å². The molecule has 0 fully saturated rings. The third kappa shape index (κ3) is 2.67. The van der Waals surface area contributed by atoms with E-state index < -0.39 is 0 Å². The number of hydrogen-bond donors (Lipinski definition) is 0. The number of halogens is 2. The highest BCUT2D eigenvalue weighted by atomic mass is 127. The van der Waals surface area contributed by atoms with E-state index in [4.69, 9.17) is 0 Å². The molecule has 0 aliphatic heterocycles. The fourth-order valence-corrected chi connectivity index (χ4v) is 1.68. The van der Waals surface area contributed by atoms with Crippen LogP contribution in [0, 0.1) is 9.39 Å². The third-order valence-corrected chi connectivity index (χ3v) is 2.53. The summed E-state index contributed by atoms with van der Waals surface area (Å²) in [4.78, 5) is 0. The highest BCUT2D eigenvalue weighted by Gasteiger charge is 1.99. The topological polar surface area (TPSA) is 0 Å². The van der Waals surface area contributed by atoms with Gasteiger partial charge in [0.1, 0.15) is 5.82 Å². The molecule has 0 atom stereocenters. The van der Waals surface area contributed by atoms with Crippen LogP contribution in [0.4, 0.5) is 4.39 Å². The summed E-state index contributed by atoms with van der Waals surface area (Å²) in [6.07, 6.45) is 1.98. The van der Waals surface area contributed by atoms with Crippen LogP contribution in [0.5, 0.6) is 0 Å². The second kappa shape index (κ2) is 4.35. The summed E-state index contributed by atoms with van der Waals surface area (Å²) in [6.45, 7) is 1.99. The van der Waals surface area contributed by atoms with Crippen molar-refractivity contribution in [1.82, 2.24) is 0 Å². The van der Waals surface area contributed by atoms with Crippen LogP contribution in [0.25, 0.3) is 0 Å². The smallest absolute Gasteiger partial charge is 0.215 e. The van der Waals surface area contributed by atoms with Gasteiger partial charge in [0, 0.05) is 3.57 Å². The molecule has 0 spiro atoms. The van der Waals surface area contributed by atoms with Gasteiger partial charge in [0.25, 0.3) is 0 Å². The van der Waals surface area contributed by atoms with Gasteiger partial charge in [-0.25, -0.2) is 16.0 Å². The minimum absolute atomic E-state index is 0.149. The predicted molar refractivity (Wildman–Crippen MR) is 58.0 cm³/mol. The van der Waals surface area contributed by atoms with Crippen molar-refractivity contribution in [3.8, 4) is 0 Å². The molecule has 57 valence electrons. The lowest BCUT2D eigenvalue weighted by molar-refractivity contribution is 0.621. The van der Waals surface area contributed by atoms with Crippen molar-refractivity contribution in [2.45, 2.75) is 0 Å². The van der Waals surface area contributed by atoms with Crippen molar-refractivity contribution < 1.29 is 4.39 Å². The summed E-state index contributed by atoms with van der Waals surface area (Å²) in [7, 11) is 0. The Bertz CT molecular complexity index is 254. The van der Waals surface area contributed by atoms with Crippen molar-refractivity contribution in [1.29, 1.82) is 0 Å². The lowest BCUT2D eigenvalue weighted by Gasteiger charge is -1.98. The molecule has 4 heteroatoms. The average Bonchev–Trinajstić information content (AvgIpc) is 1.98. The first-order chi connectivity index (χ1) is 5.24. The van der Waals surface area contributed by atoms with Gasteiger partial charge in [-0.2, -0.15) is 0 Å². The summed E-state index contributed by atoms with van der Waals surface area (Å²) in [5.74, 6) is -0.149. The molecule has 1 aromatic carbocycles. The maximum absolute atomic E-state index is 12.7. The molecular weight excluding hydrogens is 273 g/mol. The first-order valence-corrected chi connectivity index (χ1v) is 5.42. The van der Waals surface area contributed by atoms with Crippen LogP contribution in [0.3, 0.4) is 0 Å². The molecule has 0 saturated heterocycles. The fourth-order valence-electron chi connectivity index (χ4n) is 0.722. The Morgan fingerprint density at radius 1 is 1.55 bits per heavy atom. The minimum Gasteiger partial charge on any atom is -0.215 e. The summed E-state index contributed by atoms with van der Waals surface area (Å²) in [6, 6.07) is 5.09. The molecule has 0 nitrogen and oxygen atoms in total. The van der Waals surface area contributed by atoms with Gasteiger partial charge in [-0.05, 0) is 34.9 Å². The summed E-state index contributed by atoms with van der Waals surface area (Å²) >= 11 is 3.60. The average molecular weight is 279 g/mol.